The van der Waals surface area contributed by atoms with E-state index in [4.69, 9.17) is 4.74 Å². The largest absolute Gasteiger partial charge is 0.378 e. The first-order valence-electron chi connectivity index (χ1n) is 9.28. The van der Waals surface area contributed by atoms with Gasteiger partial charge in [0, 0.05) is 13.1 Å². The van der Waals surface area contributed by atoms with Gasteiger partial charge in [-0.15, -0.1) is 27.2 Å². The molecule has 0 spiro atoms. The Morgan fingerprint density at radius 3 is 2.52 bits per heavy atom. The van der Waals surface area contributed by atoms with Crippen molar-refractivity contribution in [2.24, 2.45) is 0 Å². The minimum atomic E-state index is 0. The first kappa shape index (κ1) is 20.8. The zero-order valence-corrected chi connectivity index (χ0v) is 17.9. The number of benzene rings is 2. The molecule has 148 valence electrons. The van der Waals surface area contributed by atoms with Crippen LogP contribution in [0.1, 0.15) is 17.0 Å². The molecule has 0 unspecified atom stereocenters. The zero-order chi connectivity index (χ0) is 19.3. The van der Waals surface area contributed by atoms with E-state index in [1.54, 1.807) is 0 Å². The number of ether oxygens (including phenoxy) is 1. The van der Waals surface area contributed by atoms with E-state index in [1.165, 1.54) is 0 Å². The Bertz CT molecular complexity index is 1030. The number of allylic oxidation sites excluding steroid dienone is 1. The fraction of sp³-hybridized carbons (Fsp3) is 0.227. The van der Waals surface area contributed by atoms with Gasteiger partial charge in [0.05, 0.1) is 24.5 Å². The summed E-state index contributed by atoms with van der Waals surface area (Å²) in [6, 6.07) is 20.3. The molecular weight excluding hydrogens is 430 g/mol. The molecule has 0 N–H and O–H groups in total. The summed E-state index contributed by atoms with van der Waals surface area (Å²) in [5, 5.41) is 18.7. The van der Waals surface area contributed by atoms with Crippen molar-refractivity contribution in [1.29, 1.82) is 5.26 Å². The lowest BCUT2D eigenvalue weighted by atomic mass is 10.1. The molecule has 0 amide bonds. The highest BCUT2D eigenvalue weighted by Crippen LogP contribution is 2.26. The van der Waals surface area contributed by atoms with Gasteiger partial charge >= 0.3 is 0 Å². The van der Waals surface area contributed by atoms with Gasteiger partial charge in [0.1, 0.15) is 6.07 Å². The predicted octanol–water partition coefficient (Wildman–Crippen LogP) is 4.05. The van der Waals surface area contributed by atoms with Crippen molar-refractivity contribution < 1.29 is 4.74 Å². The molecular formula is C22H22BrN5O. The molecule has 6 nitrogen and oxygen atoms in total. The van der Waals surface area contributed by atoms with E-state index in [9.17, 15) is 5.26 Å². The molecule has 29 heavy (non-hydrogen) atoms. The average Bonchev–Trinajstić information content (AvgIpc) is 3.18. The van der Waals surface area contributed by atoms with Crippen LogP contribution in [-0.2, 0) is 4.74 Å². The van der Waals surface area contributed by atoms with Crippen molar-refractivity contribution in [3.05, 3.63) is 71.5 Å². The van der Waals surface area contributed by atoms with Crippen LogP contribution in [0.4, 0.5) is 5.95 Å². The fourth-order valence-electron chi connectivity index (χ4n) is 3.31. The van der Waals surface area contributed by atoms with Crippen LogP contribution in [0.5, 0.6) is 0 Å². The predicted molar refractivity (Wildman–Crippen MR) is 119 cm³/mol. The van der Waals surface area contributed by atoms with Crippen molar-refractivity contribution in [1.82, 2.24) is 14.8 Å². The lowest BCUT2D eigenvalue weighted by molar-refractivity contribution is 0.122. The zero-order valence-electron chi connectivity index (χ0n) is 16.2. The molecule has 3 aromatic rings. The highest BCUT2D eigenvalue weighted by molar-refractivity contribution is 8.93. The van der Waals surface area contributed by atoms with Crippen LogP contribution in [0.3, 0.4) is 0 Å². The molecule has 0 saturated carbocycles. The minimum Gasteiger partial charge on any atom is -0.378 e. The summed E-state index contributed by atoms with van der Waals surface area (Å²) in [5.74, 6) is 1.27. The van der Waals surface area contributed by atoms with Crippen molar-refractivity contribution in [3.8, 4) is 11.8 Å². The quantitative estimate of drug-likeness (QED) is 0.559. The summed E-state index contributed by atoms with van der Waals surface area (Å²) in [5.41, 5.74) is 3.51. The summed E-state index contributed by atoms with van der Waals surface area (Å²) in [7, 11) is 0. The number of halogens is 1. The first-order valence-corrected chi connectivity index (χ1v) is 9.28. The number of nitriles is 1. The van der Waals surface area contributed by atoms with Crippen molar-refractivity contribution in [2.45, 2.75) is 6.92 Å². The SMILES string of the molecule is Br.Cc1cccc(C=C(C#N)c2nnc(N3CCOCC3)n2-c2ccccc2)c1. The number of nitrogens with zero attached hydrogens (tertiary/aromatic N) is 5. The Balaban J connectivity index is 0.00000240. The molecule has 0 atom stereocenters. The van der Waals surface area contributed by atoms with Gasteiger partial charge in [0.15, 0.2) is 5.82 Å². The highest BCUT2D eigenvalue weighted by atomic mass is 79.9. The number of aryl methyl sites for hydroxylation is 1. The Morgan fingerprint density at radius 1 is 1.07 bits per heavy atom. The number of anilines is 1. The van der Waals surface area contributed by atoms with Crippen LogP contribution >= 0.6 is 17.0 Å². The smallest absolute Gasteiger partial charge is 0.232 e. The van der Waals surface area contributed by atoms with Gasteiger partial charge in [-0.05, 0) is 30.7 Å². The topological polar surface area (TPSA) is 67.0 Å². The summed E-state index contributed by atoms with van der Waals surface area (Å²) in [4.78, 5) is 2.15. The second-order valence-electron chi connectivity index (χ2n) is 6.68. The van der Waals surface area contributed by atoms with Crippen LogP contribution in [0.25, 0.3) is 17.3 Å². The van der Waals surface area contributed by atoms with E-state index in [0.29, 0.717) is 24.6 Å². The lowest BCUT2D eigenvalue weighted by Gasteiger charge is -2.28. The third-order valence-corrected chi connectivity index (χ3v) is 4.67. The van der Waals surface area contributed by atoms with E-state index < -0.39 is 0 Å². The third kappa shape index (κ3) is 4.56. The molecule has 4 rings (SSSR count). The van der Waals surface area contributed by atoms with Crippen molar-refractivity contribution in [2.75, 3.05) is 31.2 Å². The van der Waals surface area contributed by atoms with Gasteiger partial charge in [-0.2, -0.15) is 5.26 Å². The second kappa shape index (κ2) is 9.50. The Hall–Kier alpha value is -2.95. The summed E-state index contributed by atoms with van der Waals surface area (Å²) in [6.45, 7) is 4.83. The van der Waals surface area contributed by atoms with Gasteiger partial charge in [-0.3, -0.25) is 4.57 Å². The molecule has 1 aliphatic heterocycles. The molecule has 1 aliphatic rings. The number of rotatable bonds is 4. The number of aromatic nitrogens is 3. The van der Waals surface area contributed by atoms with E-state index in [1.807, 2.05) is 72.2 Å². The standard InChI is InChI=1S/C22H21N5O.BrH/c1-17-6-5-7-18(14-17)15-19(16-23)21-24-25-22(26-10-12-28-13-11-26)27(21)20-8-3-2-4-9-20;/h2-9,14-15H,10-13H2,1H3;1H. The molecule has 0 radical (unpaired) electrons. The summed E-state index contributed by atoms with van der Waals surface area (Å²) < 4.78 is 7.42. The maximum Gasteiger partial charge on any atom is 0.232 e. The van der Waals surface area contributed by atoms with E-state index in [0.717, 1.165) is 35.9 Å². The van der Waals surface area contributed by atoms with Crippen LogP contribution in [0.2, 0.25) is 0 Å². The molecule has 0 aliphatic carbocycles. The normalized spacial score (nSPS) is 14.2. The first-order chi connectivity index (χ1) is 13.8. The van der Waals surface area contributed by atoms with Crippen LogP contribution in [-0.4, -0.2) is 41.1 Å². The van der Waals surface area contributed by atoms with Crippen molar-refractivity contribution >= 4 is 34.6 Å². The summed E-state index contributed by atoms with van der Waals surface area (Å²) >= 11 is 0. The molecule has 1 aromatic heterocycles. The minimum absolute atomic E-state index is 0. The van der Waals surface area contributed by atoms with Gasteiger partial charge in [-0.25, -0.2) is 0 Å². The number of hydrogen-bond donors (Lipinski definition) is 0. The van der Waals surface area contributed by atoms with Gasteiger partial charge in [0.25, 0.3) is 0 Å². The van der Waals surface area contributed by atoms with Crippen LogP contribution < -0.4 is 4.90 Å². The second-order valence-corrected chi connectivity index (χ2v) is 6.68. The molecule has 7 heteroatoms. The Labute approximate surface area is 180 Å². The van der Waals surface area contributed by atoms with Crippen molar-refractivity contribution in [3.63, 3.8) is 0 Å². The maximum absolute atomic E-state index is 9.87. The Kier molecular flexibility index (Phi) is 6.81. The van der Waals surface area contributed by atoms with E-state index in [2.05, 4.69) is 21.2 Å². The molecule has 2 heterocycles. The molecule has 2 aromatic carbocycles. The Morgan fingerprint density at radius 2 is 1.83 bits per heavy atom. The number of morpholine rings is 1. The van der Waals surface area contributed by atoms with Crippen LogP contribution in [0, 0.1) is 18.3 Å². The third-order valence-electron chi connectivity index (χ3n) is 4.67. The maximum atomic E-state index is 9.87. The van der Waals surface area contributed by atoms with E-state index in [-0.39, 0.29) is 17.0 Å². The number of para-hydroxylation sites is 1. The summed E-state index contributed by atoms with van der Waals surface area (Å²) in [6.07, 6.45) is 1.86. The van der Waals surface area contributed by atoms with Gasteiger partial charge < -0.3 is 9.64 Å². The fourth-order valence-corrected chi connectivity index (χ4v) is 3.31. The molecule has 1 saturated heterocycles. The lowest BCUT2D eigenvalue weighted by Crippen LogP contribution is -2.38. The van der Waals surface area contributed by atoms with Crippen LogP contribution in [0.15, 0.2) is 54.6 Å². The highest BCUT2D eigenvalue weighted by Gasteiger charge is 2.23. The van der Waals surface area contributed by atoms with E-state index >= 15 is 0 Å². The van der Waals surface area contributed by atoms with Gasteiger partial charge in [-0.1, -0.05) is 48.0 Å². The molecule has 1 fully saturated rings. The van der Waals surface area contributed by atoms with Gasteiger partial charge in [0.2, 0.25) is 5.95 Å². The number of hydrogen-bond acceptors (Lipinski definition) is 5. The molecule has 0 bridgehead atoms. The average molecular weight is 452 g/mol. The monoisotopic (exact) mass is 451 g/mol.